The summed E-state index contributed by atoms with van der Waals surface area (Å²) in [6, 6.07) is 0. The SMILES string of the molecule is CCCn1c(N)c(NCC(=O)N(CC)CC)c(=O)[nH]c1=O. The number of rotatable bonds is 7. The summed E-state index contributed by atoms with van der Waals surface area (Å²) < 4.78 is 1.28. The molecule has 0 fully saturated rings. The minimum atomic E-state index is -0.614. The lowest BCUT2D eigenvalue weighted by Gasteiger charge is -2.19. The van der Waals surface area contributed by atoms with E-state index in [9.17, 15) is 14.4 Å². The first-order chi connectivity index (χ1) is 9.96. The highest BCUT2D eigenvalue weighted by Gasteiger charge is 2.14. The number of amides is 1. The van der Waals surface area contributed by atoms with Gasteiger partial charge in [-0.2, -0.15) is 0 Å². The number of hydrogen-bond donors (Lipinski definition) is 3. The minimum absolute atomic E-state index is 0.0424. The molecule has 0 aliphatic heterocycles. The van der Waals surface area contributed by atoms with Crippen molar-refractivity contribution in [2.75, 3.05) is 30.7 Å². The number of carbonyl (C=O) groups excluding carboxylic acids is 1. The van der Waals surface area contributed by atoms with Crippen LogP contribution in [0.15, 0.2) is 9.59 Å². The fourth-order valence-corrected chi connectivity index (χ4v) is 2.06. The van der Waals surface area contributed by atoms with E-state index in [0.29, 0.717) is 26.1 Å². The molecule has 0 aliphatic carbocycles. The van der Waals surface area contributed by atoms with Gasteiger partial charge in [-0.1, -0.05) is 6.92 Å². The molecule has 8 nitrogen and oxygen atoms in total. The number of nitrogens with one attached hydrogen (secondary N) is 2. The second kappa shape index (κ2) is 7.51. The average molecular weight is 297 g/mol. The Morgan fingerprint density at radius 3 is 2.43 bits per heavy atom. The summed E-state index contributed by atoms with van der Waals surface area (Å²) in [7, 11) is 0. The molecule has 1 amide bonds. The Hall–Kier alpha value is -2.25. The predicted octanol–water partition coefficient (Wildman–Crippen LogP) is -0.191. The van der Waals surface area contributed by atoms with E-state index in [-0.39, 0.29) is 24.0 Å². The van der Waals surface area contributed by atoms with Crippen LogP contribution in [0.3, 0.4) is 0 Å². The molecule has 1 aromatic heterocycles. The molecule has 0 spiro atoms. The number of nitrogen functional groups attached to an aromatic ring is 1. The summed E-state index contributed by atoms with van der Waals surface area (Å²) >= 11 is 0. The standard InChI is InChI=1S/C13H23N5O3/c1-4-7-18-11(14)10(12(20)16-13(18)21)15-8-9(19)17(5-2)6-3/h15H,4-8,14H2,1-3H3,(H,16,20,21). The van der Waals surface area contributed by atoms with Gasteiger partial charge in [0.05, 0.1) is 6.54 Å². The van der Waals surface area contributed by atoms with Crippen LogP contribution in [0.2, 0.25) is 0 Å². The van der Waals surface area contributed by atoms with E-state index in [4.69, 9.17) is 5.73 Å². The van der Waals surface area contributed by atoms with Gasteiger partial charge in [0, 0.05) is 19.6 Å². The molecule has 0 saturated heterocycles. The minimum Gasteiger partial charge on any atom is -0.383 e. The Labute approximate surface area is 122 Å². The van der Waals surface area contributed by atoms with Crippen molar-refractivity contribution in [2.45, 2.75) is 33.7 Å². The second-order valence-corrected chi connectivity index (χ2v) is 4.59. The maximum Gasteiger partial charge on any atom is 0.330 e. The smallest absolute Gasteiger partial charge is 0.330 e. The van der Waals surface area contributed by atoms with Crippen molar-refractivity contribution >= 4 is 17.4 Å². The molecular weight excluding hydrogens is 274 g/mol. The number of carbonyl (C=O) groups is 1. The van der Waals surface area contributed by atoms with Gasteiger partial charge in [0.15, 0.2) is 0 Å². The number of hydrogen-bond acceptors (Lipinski definition) is 5. The highest BCUT2D eigenvalue weighted by molar-refractivity contribution is 5.81. The molecular formula is C13H23N5O3. The van der Waals surface area contributed by atoms with Crippen molar-refractivity contribution < 1.29 is 4.79 Å². The molecule has 0 aromatic carbocycles. The lowest BCUT2D eigenvalue weighted by Crippen LogP contribution is -2.38. The summed E-state index contributed by atoms with van der Waals surface area (Å²) in [5.41, 5.74) is 4.76. The molecule has 0 radical (unpaired) electrons. The van der Waals surface area contributed by atoms with Gasteiger partial charge in [0.2, 0.25) is 5.91 Å². The van der Waals surface area contributed by atoms with Crippen molar-refractivity contribution in [3.05, 3.63) is 20.8 Å². The van der Waals surface area contributed by atoms with Crippen LogP contribution in [-0.2, 0) is 11.3 Å². The number of aromatic nitrogens is 2. The summed E-state index contributed by atoms with van der Waals surface area (Å²) in [4.78, 5) is 39.2. The molecule has 1 aromatic rings. The zero-order valence-electron chi connectivity index (χ0n) is 12.7. The van der Waals surface area contributed by atoms with Gasteiger partial charge < -0.3 is 16.0 Å². The van der Waals surface area contributed by atoms with Crippen LogP contribution in [0.5, 0.6) is 0 Å². The summed E-state index contributed by atoms with van der Waals surface area (Å²) in [5.74, 6) is -0.0787. The van der Waals surface area contributed by atoms with E-state index >= 15 is 0 Å². The Kier molecular flexibility index (Phi) is 6.01. The normalized spacial score (nSPS) is 10.4. The Bertz CT molecular complexity index is 601. The van der Waals surface area contributed by atoms with E-state index < -0.39 is 11.2 Å². The van der Waals surface area contributed by atoms with Crippen molar-refractivity contribution in [2.24, 2.45) is 0 Å². The molecule has 0 unspecified atom stereocenters. The van der Waals surface area contributed by atoms with Gasteiger partial charge in [0.1, 0.15) is 11.5 Å². The second-order valence-electron chi connectivity index (χ2n) is 4.59. The maximum atomic E-state index is 11.9. The first kappa shape index (κ1) is 16.8. The lowest BCUT2D eigenvalue weighted by atomic mass is 10.4. The Morgan fingerprint density at radius 2 is 1.90 bits per heavy atom. The van der Waals surface area contributed by atoms with Gasteiger partial charge in [-0.3, -0.25) is 19.1 Å². The molecule has 1 heterocycles. The molecule has 4 N–H and O–H groups in total. The van der Waals surface area contributed by atoms with Gasteiger partial charge in [-0.15, -0.1) is 0 Å². The quantitative estimate of drug-likeness (QED) is 0.645. The van der Waals surface area contributed by atoms with Crippen molar-refractivity contribution in [3.8, 4) is 0 Å². The maximum absolute atomic E-state index is 11.9. The third-order valence-corrected chi connectivity index (χ3v) is 3.22. The summed E-state index contributed by atoms with van der Waals surface area (Å²) in [5, 5.41) is 2.74. The summed E-state index contributed by atoms with van der Waals surface area (Å²) in [6.07, 6.45) is 0.702. The predicted molar refractivity (Wildman–Crippen MR) is 82.4 cm³/mol. The van der Waals surface area contributed by atoms with E-state index in [1.54, 1.807) is 4.90 Å². The van der Waals surface area contributed by atoms with Gasteiger partial charge in [-0.05, 0) is 20.3 Å². The first-order valence-electron chi connectivity index (χ1n) is 7.10. The van der Waals surface area contributed by atoms with Crippen LogP contribution in [0.4, 0.5) is 11.5 Å². The molecule has 21 heavy (non-hydrogen) atoms. The fraction of sp³-hybridized carbons (Fsp3) is 0.615. The monoisotopic (exact) mass is 297 g/mol. The van der Waals surface area contributed by atoms with E-state index in [1.165, 1.54) is 4.57 Å². The third-order valence-electron chi connectivity index (χ3n) is 3.22. The lowest BCUT2D eigenvalue weighted by molar-refractivity contribution is -0.128. The number of anilines is 2. The molecule has 8 heteroatoms. The zero-order valence-corrected chi connectivity index (χ0v) is 12.7. The van der Waals surface area contributed by atoms with E-state index in [0.717, 1.165) is 0 Å². The largest absolute Gasteiger partial charge is 0.383 e. The van der Waals surface area contributed by atoms with Crippen LogP contribution >= 0.6 is 0 Å². The van der Waals surface area contributed by atoms with Crippen molar-refractivity contribution in [1.29, 1.82) is 0 Å². The molecule has 0 saturated carbocycles. The van der Waals surface area contributed by atoms with E-state index in [2.05, 4.69) is 10.3 Å². The fourth-order valence-electron chi connectivity index (χ4n) is 2.06. The summed E-state index contributed by atoms with van der Waals surface area (Å²) in [6.45, 7) is 7.21. The van der Waals surface area contributed by atoms with Crippen LogP contribution < -0.4 is 22.3 Å². The number of nitrogens with zero attached hydrogens (tertiary/aromatic N) is 2. The molecule has 0 aliphatic rings. The number of H-pyrrole nitrogens is 1. The first-order valence-corrected chi connectivity index (χ1v) is 7.10. The number of nitrogens with two attached hydrogens (primary N) is 1. The number of likely N-dealkylation sites (N-methyl/N-ethyl adjacent to an activating group) is 1. The van der Waals surface area contributed by atoms with Crippen molar-refractivity contribution in [3.63, 3.8) is 0 Å². The Balaban J connectivity index is 2.99. The zero-order chi connectivity index (χ0) is 16.0. The average Bonchev–Trinajstić information content (AvgIpc) is 2.44. The van der Waals surface area contributed by atoms with Gasteiger partial charge >= 0.3 is 5.69 Å². The molecule has 0 bridgehead atoms. The topological polar surface area (TPSA) is 113 Å². The van der Waals surface area contributed by atoms with Crippen molar-refractivity contribution in [1.82, 2.24) is 14.5 Å². The number of aromatic amines is 1. The van der Waals surface area contributed by atoms with Crippen LogP contribution in [0, 0.1) is 0 Å². The molecule has 118 valence electrons. The molecule has 1 rings (SSSR count). The third kappa shape index (κ3) is 3.87. The van der Waals surface area contributed by atoms with Crippen LogP contribution in [-0.4, -0.2) is 40.0 Å². The van der Waals surface area contributed by atoms with Crippen LogP contribution in [0.25, 0.3) is 0 Å². The van der Waals surface area contributed by atoms with E-state index in [1.807, 2.05) is 20.8 Å². The van der Waals surface area contributed by atoms with Gasteiger partial charge in [-0.25, -0.2) is 4.79 Å². The highest BCUT2D eigenvalue weighted by Crippen LogP contribution is 2.10. The Morgan fingerprint density at radius 1 is 1.29 bits per heavy atom. The van der Waals surface area contributed by atoms with Gasteiger partial charge in [0.25, 0.3) is 5.56 Å². The molecule has 0 atom stereocenters. The highest BCUT2D eigenvalue weighted by atomic mass is 16.2. The van der Waals surface area contributed by atoms with Crippen LogP contribution in [0.1, 0.15) is 27.2 Å².